The van der Waals surface area contributed by atoms with Crippen molar-refractivity contribution in [1.82, 2.24) is 4.98 Å². The largest absolute Gasteiger partial charge is 0.493 e. The Bertz CT molecular complexity index is 1110. The zero-order valence-electron chi connectivity index (χ0n) is 17.4. The van der Waals surface area contributed by atoms with E-state index in [1.807, 2.05) is 0 Å². The molecule has 6 heteroatoms. The summed E-state index contributed by atoms with van der Waals surface area (Å²) >= 11 is 0. The Labute approximate surface area is 181 Å². The lowest BCUT2D eigenvalue weighted by molar-refractivity contribution is 0.0698. The van der Waals surface area contributed by atoms with E-state index in [1.165, 1.54) is 30.7 Å². The van der Waals surface area contributed by atoms with Crippen LogP contribution in [0.3, 0.4) is 0 Å². The van der Waals surface area contributed by atoms with Crippen LogP contribution in [0.2, 0.25) is 0 Å². The minimum Gasteiger partial charge on any atom is -0.493 e. The van der Waals surface area contributed by atoms with Crippen LogP contribution < -0.4 is 15.0 Å². The summed E-state index contributed by atoms with van der Waals surface area (Å²) in [6, 6.07) is 16.6. The van der Waals surface area contributed by atoms with Crippen LogP contribution in [-0.4, -0.2) is 36.3 Å². The Kier molecular flexibility index (Phi) is 4.98. The number of fused-ring (bicyclic) bond motifs is 1. The van der Waals surface area contributed by atoms with Gasteiger partial charge in [-0.25, -0.2) is 4.79 Å². The number of hydrogen-bond donors (Lipinski definition) is 2. The van der Waals surface area contributed by atoms with E-state index in [1.54, 1.807) is 6.20 Å². The highest BCUT2D eigenvalue weighted by atomic mass is 16.5. The zero-order chi connectivity index (χ0) is 21.4. The second kappa shape index (κ2) is 7.95. The maximum absolute atomic E-state index is 11.4. The van der Waals surface area contributed by atoms with Gasteiger partial charge in [0.05, 0.1) is 24.1 Å². The first-order valence-corrected chi connectivity index (χ1v) is 10.6. The lowest BCUT2D eigenvalue weighted by Crippen LogP contribution is -2.16. The fourth-order valence-corrected chi connectivity index (χ4v) is 4.13. The number of aromatic carboxylic acids is 1. The van der Waals surface area contributed by atoms with Crippen molar-refractivity contribution in [2.24, 2.45) is 0 Å². The van der Waals surface area contributed by atoms with Crippen molar-refractivity contribution in [3.63, 3.8) is 0 Å². The Hall–Kier alpha value is -3.54. The number of benzene rings is 2. The molecule has 1 aliphatic carbocycles. The highest BCUT2D eigenvalue weighted by Gasteiger charge is 2.26. The summed E-state index contributed by atoms with van der Waals surface area (Å²) in [4.78, 5) is 17.6. The third kappa shape index (κ3) is 3.93. The molecule has 31 heavy (non-hydrogen) atoms. The molecule has 2 N–H and O–H groups in total. The lowest BCUT2D eigenvalue weighted by atomic mass is 10.0. The maximum atomic E-state index is 11.4. The summed E-state index contributed by atoms with van der Waals surface area (Å²) in [5.74, 6) is 0.826. The molecule has 0 radical (unpaired) electrons. The number of carboxylic acids is 1. The molecule has 2 aromatic carbocycles. The first-order chi connectivity index (χ1) is 15.1. The van der Waals surface area contributed by atoms with Crippen LogP contribution in [0.15, 0.2) is 60.9 Å². The van der Waals surface area contributed by atoms with E-state index in [9.17, 15) is 9.90 Å². The summed E-state index contributed by atoms with van der Waals surface area (Å²) in [7, 11) is 2.07. The summed E-state index contributed by atoms with van der Waals surface area (Å²) in [6.45, 7) is 1.14. The Balaban J connectivity index is 1.29. The number of ether oxygens (including phenoxy) is 1. The molecule has 3 aromatic rings. The summed E-state index contributed by atoms with van der Waals surface area (Å²) in [5, 5.41) is 12.6. The molecule has 0 bridgehead atoms. The summed E-state index contributed by atoms with van der Waals surface area (Å²) in [6.07, 6.45) is 5.66. The number of hydrogen-bond acceptors (Lipinski definition) is 5. The molecule has 1 saturated carbocycles. The topological polar surface area (TPSA) is 74.7 Å². The molecule has 1 unspecified atom stereocenters. The number of nitrogens with one attached hydrogen (secondary N) is 1. The standard InChI is InChI=1S/C25H25N3O3/c1-28(19-6-4-17(5-7-19)16-2-3-16)20-8-9-21-18(15-31-24(21)12-20)13-27-23-14-26-11-10-22(23)25(29)30/h4-12,14,16,18,27H,2-3,13,15H2,1H3,(H,29,30). The van der Waals surface area contributed by atoms with E-state index in [2.05, 4.69) is 64.7 Å². The molecular formula is C25H25N3O3. The molecule has 0 saturated heterocycles. The number of carbonyl (C=O) groups is 1. The smallest absolute Gasteiger partial charge is 0.337 e. The van der Waals surface area contributed by atoms with Crippen molar-refractivity contribution in [3.05, 3.63) is 77.6 Å². The molecule has 1 atom stereocenters. The van der Waals surface area contributed by atoms with E-state index >= 15 is 0 Å². The molecule has 158 valence electrons. The fraction of sp³-hybridized carbons (Fsp3) is 0.280. The van der Waals surface area contributed by atoms with E-state index in [-0.39, 0.29) is 11.5 Å². The molecule has 0 amide bonds. The van der Waals surface area contributed by atoms with Gasteiger partial charge in [0.15, 0.2) is 0 Å². The van der Waals surface area contributed by atoms with Gasteiger partial charge in [-0.05, 0) is 48.6 Å². The minimum absolute atomic E-state index is 0.147. The van der Waals surface area contributed by atoms with Crippen molar-refractivity contribution >= 4 is 23.0 Å². The van der Waals surface area contributed by atoms with Gasteiger partial charge in [0, 0.05) is 48.7 Å². The van der Waals surface area contributed by atoms with Crippen molar-refractivity contribution in [2.75, 3.05) is 30.4 Å². The first-order valence-electron chi connectivity index (χ1n) is 10.6. The van der Waals surface area contributed by atoms with Crippen molar-refractivity contribution < 1.29 is 14.6 Å². The highest BCUT2D eigenvalue weighted by Crippen LogP contribution is 2.41. The average Bonchev–Trinajstić information content (AvgIpc) is 3.57. The van der Waals surface area contributed by atoms with E-state index in [4.69, 9.17) is 4.74 Å². The van der Waals surface area contributed by atoms with Gasteiger partial charge in [0.2, 0.25) is 0 Å². The predicted octanol–water partition coefficient (Wildman–Crippen LogP) is 5.01. The number of anilines is 3. The molecule has 2 heterocycles. The van der Waals surface area contributed by atoms with Gasteiger partial charge in [-0.2, -0.15) is 0 Å². The maximum Gasteiger partial charge on any atom is 0.337 e. The number of pyridine rings is 1. The normalized spacial score (nSPS) is 17.0. The van der Waals surface area contributed by atoms with Gasteiger partial charge in [0.1, 0.15) is 5.75 Å². The van der Waals surface area contributed by atoms with Crippen LogP contribution in [-0.2, 0) is 0 Å². The minimum atomic E-state index is -0.967. The Morgan fingerprint density at radius 2 is 1.94 bits per heavy atom. The van der Waals surface area contributed by atoms with Gasteiger partial charge in [-0.1, -0.05) is 18.2 Å². The lowest BCUT2D eigenvalue weighted by Gasteiger charge is -2.21. The van der Waals surface area contributed by atoms with Crippen LogP contribution in [0.1, 0.15) is 46.2 Å². The van der Waals surface area contributed by atoms with Gasteiger partial charge >= 0.3 is 5.97 Å². The molecule has 1 fully saturated rings. The monoisotopic (exact) mass is 415 g/mol. The summed E-state index contributed by atoms with van der Waals surface area (Å²) < 4.78 is 5.96. The van der Waals surface area contributed by atoms with Crippen LogP contribution in [0.5, 0.6) is 5.75 Å². The number of rotatable bonds is 7. The van der Waals surface area contributed by atoms with E-state index in [0.29, 0.717) is 18.8 Å². The molecule has 1 aromatic heterocycles. The molecule has 0 spiro atoms. The highest BCUT2D eigenvalue weighted by molar-refractivity contribution is 5.93. The van der Waals surface area contributed by atoms with Crippen LogP contribution >= 0.6 is 0 Å². The predicted molar refractivity (Wildman–Crippen MR) is 121 cm³/mol. The fourth-order valence-electron chi connectivity index (χ4n) is 4.13. The quantitative estimate of drug-likeness (QED) is 0.565. The molecule has 1 aliphatic heterocycles. The van der Waals surface area contributed by atoms with Crippen LogP contribution in [0.4, 0.5) is 17.1 Å². The molecule has 6 nitrogen and oxygen atoms in total. The third-order valence-electron chi connectivity index (χ3n) is 6.18. The van der Waals surface area contributed by atoms with E-state index < -0.39 is 5.97 Å². The Morgan fingerprint density at radius 1 is 1.16 bits per heavy atom. The van der Waals surface area contributed by atoms with Gasteiger partial charge in [-0.3, -0.25) is 4.98 Å². The van der Waals surface area contributed by atoms with Crippen LogP contribution in [0.25, 0.3) is 0 Å². The third-order valence-corrected chi connectivity index (χ3v) is 6.18. The van der Waals surface area contributed by atoms with E-state index in [0.717, 1.165) is 28.6 Å². The van der Waals surface area contributed by atoms with Crippen molar-refractivity contribution in [1.29, 1.82) is 0 Å². The molecular weight excluding hydrogens is 390 g/mol. The number of carboxylic acid groups (broad SMARTS) is 1. The Morgan fingerprint density at radius 3 is 2.68 bits per heavy atom. The zero-order valence-corrected chi connectivity index (χ0v) is 17.4. The molecule has 5 rings (SSSR count). The second-order valence-corrected chi connectivity index (χ2v) is 8.26. The van der Waals surface area contributed by atoms with Gasteiger partial charge in [-0.15, -0.1) is 0 Å². The van der Waals surface area contributed by atoms with Gasteiger partial charge < -0.3 is 20.1 Å². The second-order valence-electron chi connectivity index (χ2n) is 8.26. The van der Waals surface area contributed by atoms with Crippen molar-refractivity contribution in [2.45, 2.75) is 24.7 Å². The molecule has 2 aliphatic rings. The SMILES string of the molecule is CN(c1ccc(C2CC2)cc1)c1ccc2c(c1)OCC2CNc1cnccc1C(=O)O. The summed E-state index contributed by atoms with van der Waals surface area (Å²) in [5.41, 5.74) is 5.54. The average molecular weight is 415 g/mol. The van der Waals surface area contributed by atoms with Crippen LogP contribution in [0, 0.1) is 0 Å². The number of aromatic nitrogens is 1. The first kappa shape index (κ1) is 19.4. The van der Waals surface area contributed by atoms with Crippen molar-refractivity contribution in [3.8, 4) is 5.75 Å². The number of nitrogens with zero attached hydrogens (tertiary/aromatic N) is 2. The van der Waals surface area contributed by atoms with Gasteiger partial charge in [0.25, 0.3) is 0 Å².